The van der Waals surface area contributed by atoms with E-state index in [1.807, 2.05) is 29.2 Å². The van der Waals surface area contributed by atoms with E-state index >= 15 is 0 Å². The third-order valence-corrected chi connectivity index (χ3v) is 4.98. The smallest absolute Gasteiger partial charge is 0.276 e. The lowest BCUT2D eigenvalue weighted by Gasteiger charge is -2.30. The van der Waals surface area contributed by atoms with E-state index in [9.17, 15) is 9.59 Å². The Morgan fingerprint density at radius 2 is 1.81 bits per heavy atom. The Balaban J connectivity index is 1.43. The number of hydrazine groups is 1. The van der Waals surface area contributed by atoms with Crippen LogP contribution in [0, 0.1) is 0 Å². The summed E-state index contributed by atoms with van der Waals surface area (Å²) in [4.78, 5) is 27.0. The molecule has 0 aliphatic carbocycles. The fourth-order valence-corrected chi connectivity index (χ4v) is 3.64. The lowest BCUT2D eigenvalue weighted by molar-refractivity contribution is -0.129. The average molecular weight is 392 g/mol. The largest absolute Gasteiger partial charge is 0.484 e. The van der Waals surface area contributed by atoms with Gasteiger partial charge in [-0.25, -0.2) is 0 Å². The Bertz CT molecular complexity index is 786. The first kappa shape index (κ1) is 18.4. The maximum atomic E-state index is 12.1. The van der Waals surface area contributed by atoms with Crippen LogP contribution in [-0.4, -0.2) is 37.3 Å². The van der Waals surface area contributed by atoms with Crippen LogP contribution in [0.25, 0.3) is 0 Å². The minimum atomic E-state index is -0.442. The van der Waals surface area contributed by atoms with Crippen LogP contribution in [0.1, 0.15) is 0 Å². The maximum Gasteiger partial charge on any atom is 0.276 e. The SMILES string of the molecule is O=C(COc1ccc(Cl)cc1)NNC(=O)CN1CCSc2ccccc21. The monoisotopic (exact) mass is 391 g/mol. The van der Waals surface area contributed by atoms with Crippen LogP contribution in [0.4, 0.5) is 5.69 Å². The first-order valence-electron chi connectivity index (χ1n) is 8.04. The van der Waals surface area contributed by atoms with E-state index in [0.717, 1.165) is 22.9 Å². The molecule has 0 fully saturated rings. The van der Waals surface area contributed by atoms with Gasteiger partial charge in [0, 0.05) is 22.2 Å². The maximum absolute atomic E-state index is 12.1. The van der Waals surface area contributed by atoms with E-state index < -0.39 is 5.91 Å². The summed E-state index contributed by atoms with van der Waals surface area (Å²) in [5.74, 6) is 0.721. The summed E-state index contributed by atoms with van der Waals surface area (Å²) in [5, 5.41) is 0.590. The molecule has 0 spiro atoms. The van der Waals surface area contributed by atoms with Crippen molar-refractivity contribution in [1.29, 1.82) is 0 Å². The van der Waals surface area contributed by atoms with E-state index in [1.54, 1.807) is 36.0 Å². The number of anilines is 1. The molecule has 3 rings (SSSR count). The number of hydrogen-bond acceptors (Lipinski definition) is 5. The van der Waals surface area contributed by atoms with Gasteiger partial charge in [-0.2, -0.15) is 0 Å². The molecule has 2 aromatic carbocycles. The zero-order valence-corrected chi connectivity index (χ0v) is 15.5. The number of carbonyl (C=O) groups excluding carboxylic acids is 2. The number of nitrogens with zero attached hydrogens (tertiary/aromatic N) is 1. The third-order valence-electron chi connectivity index (χ3n) is 3.68. The zero-order valence-electron chi connectivity index (χ0n) is 13.9. The molecule has 8 heteroatoms. The summed E-state index contributed by atoms with van der Waals surface area (Å²) < 4.78 is 5.32. The Hall–Kier alpha value is -2.38. The highest BCUT2D eigenvalue weighted by Crippen LogP contribution is 2.33. The second-order valence-electron chi connectivity index (χ2n) is 5.58. The Morgan fingerprint density at radius 3 is 2.62 bits per heavy atom. The molecule has 0 saturated heterocycles. The summed E-state index contributed by atoms with van der Waals surface area (Å²) in [5.41, 5.74) is 5.81. The number of thioether (sulfide) groups is 1. The van der Waals surface area contributed by atoms with Crippen molar-refractivity contribution in [3.63, 3.8) is 0 Å². The number of halogens is 1. The van der Waals surface area contributed by atoms with Gasteiger partial charge in [0.1, 0.15) is 5.75 Å². The average Bonchev–Trinajstić information content (AvgIpc) is 2.66. The normalized spacial score (nSPS) is 12.9. The van der Waals surface area contributed by atoms with Crippen LogP contribution in [0.5, 0.6) is 5.75 Å². The lowest BCUT2D eigenvalue weighted by Crippen LogP contribution is -2.48. The number of fused-ring (bicyclic) bond motifs is 1. The van der Waals surface area contributed by atoms with Gasteiger partial charge in [-0.05, 0) is 36.4 Å². The molecule has 2 N–H and O–H groups in total. The molecule has 0 unspecified atom stereocenters. The Morgan fingerprint density at radius 1 is 1.08 bits per heavy atom. The van der Waals surface area contributed by atoms with Gasteiger partial charge in [0.25, 0.3) is 11.8 Å². The first-order chi connectivity index (χ1) is 12.6. The molecule has 1 heterocycles. The van der Waals surface area contributed by atoms with E-state index in [-0.39, 0.29) is 19.1 Å². The van der Waals surface area contributed by atoms with Crippen LogP contribution in [0.15, 0.2) is 53.4 Å². The topological polar surface area (TPSA) is 70.7 Å². The summed E-state index contributed by atoms with van der Waals surface area (Å²) in [6.07, 6.45) is 0. The van der Waals surface area contributed by atoms with Gasteiger partial charge in [-0.3, -0.25) is 20.4 Å². The van der Waals surface area contributed by atoms with Crippen molar-refractivity contribution in [2.45, 2.75) is 4.90 Å². The van der Waals surface area contributed by atoms with Gasteiger partial charge < -0.3 is 9.64 Å². The first-order valence-corrected chi connectivity index (χ1v) is 9.41. The van der Waals surface area contributed by atoms with Gasteiger partial charge in [-0.15, -0.1) is 11.8 Å². The molecule has 2 amide bonds. The van der Waals surface area contributed by atoms with Gasteiger partial charge in [0.15, 0.2) is 6.61 Å². The number of para-hydroxylation sites is 1. The van der Waals surface area contributed by atoms with Crippen LogP contribution < -0.4 is 20.5 Å². The second kappa shape index (κ2) is 8.82. The number of carbonyl (C=O) groups is 2. The fraction of sp³-hybridized carbons (Fsp3) is 0.222. The summed E-state index contributed by atoms with van der Waals surface area (Å²) in [6, 6.07) is 14.6. The molecule has 26 heavy (non-hydrogen) atoms. The second-order valence-corrected chi connectivity index (χ2v) is 7.15. The molecule has 1 aliphatic heterocycles. The molecule has 0 radical (unpaired) electrons. The molecular weight excluding hydrogens is 374 g/mol. The third kappa shape index (κ3) is 5.06. The van der Waals surface area contributed by atoms with Crippen molar-refractivity contribution in [1.82, 2.24) is 10.9 Å². The van der Waals surface area contributed by atoms with E-state index in [4.69, 9.17) is 16.3 Å². The quantitative estimate of drug-likeness (QED) is 0.766. The molecule has 6 nitrogen and oxygen atoms in total. The Kier molecular flexibility index (Phi) is 6.25. The van der Waals surface area contributed by atoms with Crippen molar-refractivity contribution in [2.24, 2.45) is 0 Å². The van der Waals surface area contributed by atoms with Crippen LogP contribution in [0.3, 0.4) is 0 Å². The predicted octanol–water partition coefficient (Wildman–Crippen LogP) is 2.48. The molecule has 0 saturated carbocycles. The summed E-state index contributed by atoms with van der Waals surface area (Å²) in [6.45, 7) is 0.754. The molecular formula is C18H18ClN3O3S. The number of benzene rings is 2. The predicted molar refractivity (Wildman–Crippen MR) is 103 cm³/mol. The number of rotatable bonds is 5. The molecule has 0 aromatic heterocycles. The van der Waals surface area contributed by atoms with Gasteiger partial charge >= 0.3 is 0 Å². The number of nitrogens with one attached hydrogen (secondary N) is 2. The van der Waals surface area contributed by atoms with Crippen LogP contribution in [-0.2, 0) is 9.59 Å². The summed E-state index contributed by atoms with van der Waals surface area (Å²) in [7, 11) is 0. The number of amides is 2. The lowest BCUT2D eigenvalue weighted by atomic mass is 10.2. The van der Waals surface area contributed by atoms with Gasteiger partial charge in [-0.1, -0.05) is 23.7 Å². The molecule has 136 valence electrons. The number of hydrogen-bond donors (Lipinski definition) is 2. The van der Waals surface area contributed by atoms with Crippen molar-refractivity contribution in [2.75, 3.05) is 30.3 Å². The molecule has 2 aromatic rings. The van der Waals surface area contributed by atoms with Crippen LogP contribution in [0.2, 0.25) is 5.02 Å². The van der Waals surface area contributed by atoms with Crippen molar-refractivity contribution >= 4 is 40.9 Å². The fourth-order valence-electron chi connectivity index (χ4n) is 2.46. The van der Waals surface area contributed by atoms with E-state index in [2.05, 4.69) is 10.9 Å². The van der Waals surface area contributed by atoms with E-state index in [0.29, 0.717) is 10.8 Å². The van der Waals surface area contributed by atoms with Gasteiger partial charge in [0.05, 0.1) is 12.2 Å². The van der Waals surface area contributed by atoms with Crippen molar-refractivity contribution in [3.8, 4) is 5.75 Å². The Labute approximate surface area is 160 Å². The zero-order chi connectivity index (χ0) is 18.4. The number of ether oxygens (including phenoxy) is 1. The molecule has 0 bridgehead atoms. The standard InChI is InChI=1S/C18H18ClN3O3S/c19-13-5-7-14(8-6-13)25-12-18(24)21-20-17(23)11-22-9-10-26-16-4-2-1-3-15(16)22/h1-8H,9-12H2,(H,20,23)(H,21,24). The highest BCUT2D eigenvalue weighted by Gasteiger charge is 2.19. The van der Waals surface area contributed by atoms with Gasteiger partial charge in [0.2, 0.25) is 0 Å². The summed E-state index contributed by atoms with van der Waals surface area (Å²) >= 11 is 7.56. The minimum absolute atomic E-state index is 0.176. The highest BCUT2D eigenvalue weighted by molar-refractivity contribution is 7.99. The minimum Gasteiger partial charge on any atom is -0.484 e. The molecule has 1 aliphatic rings. The van der Waals surface area contributed by atoms with Crippen molar-refractivity contribution < 1.29 is 14.3 Å². The molecule has 0 atom stereocenters. The van der Waals surface area contributed by atoms with Crippen molar-refractivity contribution in [3.05, 3.63) is 53.6 Å². The highest BCUT2D eigenvalue weighted by atomic mass is 35.5. The van der Waals surface area contributed by atoms with E-state index in [1.165, 1.54) is 0 Å². The van der Waals surface area contributed by atoms with Crippen LogP contribution >= 0.6 is 23.4 Å².